The van der Waals surface area contributed by atoms with Crippen LogP contribution in [-0.2, 0) is 0 Å². The van der Waals surface area contributed by atoms with E-state index < -0.39 is 11.0 Å². The zero-order valence-corrected chi connectivity index (χ0v) is 25.6. The normalized spacial score (nSPS) is 17.4. The van der Waals surface area contributed by atoms with Crippen molar-refractivity contribution in [2.24, 2.45) is 0 Å². The molecular weight excluding hydrogens is 600 g/mol. The maximum atomic E-state index is 12.8. The highest BCUT2D eigenvalue weighted by Gasteiger charge is 2.33. The second-order valence-corrected chi connectivity index (χ2v) is 11.8. The molecule has 7 rings (SSSR count). The number of piperidine rings is 2. The molecule has 2 fully saturated rings. The Morgan fingerprint density at radius 2 is 1.55 bits per heavy atom. The van der Waals surface area contributed by atoms with Gasteiger partial charge in [-0.1, -0.05) is 18.2 Å². The first-order valence-corrected chi connectivity index (χ1v) is 15.7. The van der Waals surface area contributed by atoms with Crippen LogP contribution < -0.4 is 15.2 Å². The van der Waals surface area contributed by atoms with Gasteiger partial charge in [0.05, 0.1) is 16.4 Å². The molecule has 2 aliphatic rings. The number of benzene rings is 3. The molecule has 3 aromatic carbocycles. The van der Waals surface area contributed by atoms with Gasteiger partial charge in [0, 0.05) is 43.4 Å². The number of nitrogen functional groups attached to an aromatic ring is 1. The third kappa shape index (κ3) is 6.42. The Morgan fingerprint density at radius 1 is 0.851 bits per heavy atom. The van der Waals surface area contributed by atoms with Gasteiger partial charge in [-0.3, -0.25) is 15.0 Å². The van der Waals surface area contributed by atoms with Crippen molar-refractivity contribution in [2.75, 3.05) is 31.9 Å². The fraction of sp³-hybridized carbons (Fsp3) is 0.294. The number of hydrogen-bond donors (Lipinski definition) is 1. The molecule has 1 unspecified atom stereocenters. The van der Waals surface area contributed by atoms with E-state index in [1.165, 1.54) is 30.6 Å². The van der Waals surface area contributed by atoms with E-state index in [4.69, 9.17) is 20.3 Å². The molecule has 0 aliphatic carbocycles. The highest BCUT2D eigenvalue weighted by Crippen LogP contribution is 2.35. The molecule has 4 heterocycles. The highest BCUT2D eigenvalue weighted by atomic mass is 16.6. The molecule has 2 saturated heterocycles. The van der Waals surface area contributed by atoms with Crippen molar-refractivity contribution >= 4 is 28.6 Å². The monoisotopic (exact) mass is 634 g/mol. The first kappa shape index (κ1) is 30.1. The van der Waals surface area contributed by atoms with Gasteiger partial charge in [-0.25, -0.2) is 19.4 Å². The molecule has 5 aromatic rings. The van der Waals surface area contributed by atoms with Crippen molar-refractivity contribution in [2.45, 2.75) is 37.8 Å². The number of nitro groups is 1. The van der Waals surface area contributed by atoms with E-state index >= 15 is 0 Å². The summed E-state index contributed by atoms with van der Waals surface area (Å²) < 4.78 is 13.5. The van der Waals surface area contributed by atoms with Gasteiger partial charge in [-0.05, 0) is 80.8 Å². The molecule has 0 saturated carbocycles. The first-order valence-electron chi connectivity index (χ1n) is 15.7. The minimum Gasteiger partial charge on any atom is -0.457 e. The van der Waals surface area contributed by atoms with Crippen molar-refractivity contribution in [3.8, 4) is 28.5 Å². The number of hydrogen-bond acceptors (Lipinski definition) is 10. The molecule has 2 aliphatic heterocycles. The molecule has 240 valence electrons. The van der Waals surface area contributed by atoms with Crippen LogP contribution in [0.2, 0.25) is 0 Å². The third-order valence-electron chi connectivity index (χ3n) is 8.89. The van der Waals surface area contributed by atoms with Crippen LogP contribution in [0, 0.1) is 10.1 Å². The molecule has 47 heavy (non-hydrogen) atoms. The maximum Gasteiger partial charge on any atom is 0.415 e. The minimum atomic E-state index is -0.486. The lowest BCUT2D eigenvalue weighted by Gasteiger charge is -2.42. The molecule has 0 radical (unpaired) electrons. The fourth-order valence-corrected chi connectivity index (χ4v) is 6.49. The minimum absolute atomic E-state index is 0.0519. The molecular formula is C34H34N8O5. The van der Waals surface area contributed by atoms with Gasteiger partial charge >= 0.3 is 6.09 Å². The zero-order valence-electron chi connectivity index (χ0n) is 25.6. The Kier molecular flexibility index (Phi) is 8.36. The molecule has 1 amide bonds. The number of likely N-dealkylation sites (tertiary alicyclic amines) is 2. The third-order valence-corrected chi connectivity index (χ3v) is 8.89. The van der Waals surface area contributed by atoms with Crippen LogP contribution in [0.4, 0.5) is 16.3 Å². The number of non-ortho nitro benzene ring substituents is 1. The molecule has 1 atom stereocenters. The standard InChI is InChI=1S/C34H34N8O5/c35-32-30-31(23-8-12-28(13-9-23)46-27-6-2-1-3-7-27)38-41(33(30)37-22-36-32)26-5-4-18-40(21-26)24-16-19-39(20-17-24)34(43)47-29-14-10-25(11-15-29)42(44)45/h1-3,6-15,22,24,26H,4-5,16-21H2,(H2,35,36,37). The van der Waals surface area contributed by atoms with E-state index in [0.717, 1.165) is 66.9 Å². The zero-order chi connectivity index (χ0) is 32.3. The largest absolute Gasteiger partial charge is 0.457 e. The predicted molar refractivity (Wildman–Crippen MR) is 175 cm³/mol. The number of para-hydroxylation sites is 1. The second-order valence-electron chi connectivity index (χ2n) is 11.8. The lowest BCUT2D eigenvalue weighted by atomic mass is 9.98. The van der Waals surface area contributed by atoms with Crippen LogP contribution in [0.25, 0.3) is 22.3 Å². The Morgan fingerprint density at radius 3 is 2.28 bits per heavy atom. The van der Waals surface area contributed by atoms with E-state index in [9.17, 15) is 14.9 Å². The predicted octanol–water partition coefficient (Wildman–Crippen LogP) is 6.08. The van der Waals surface area contributed by atoms with Gasteiger partial charge < -0.3 is 20.1 Å². The summed E-state index contributed by atoms with van der Waals surface area (Å²) in [5.74, 6) is 2.17. The number of carbonyl (C=O) groups is 1. The topological polar surface area (TPSA) is 155 Å². The summed E-state index contributed by atoms with van der Waals surface area (Å²) in [6, 6.07) is 23.4. The lowest BCUT2D eigenvalue weighted by molar-refractivity contribution is -0.384. The van der Waals surface area contributed by atoms with E-state index in [1.54, 1.807) is 4.90 Å². The molecule has 2 N–H and O–H groups in total. The molecule has 0 bridgehead atoms. The lowest BCUT2D eigenvalue weighted by Crippen LogP contribution is -2.50. The van der Waals surface area contributed by atoms with Gasteiger partial charge in [-0.15, -0.1) is 0 Å². The summed E-state index contributed by atoms with van der Waals surface area (Å²) in [5.41, 5.74) is 8.71. The maximum absolute atomic E-state index is 12.8. The smallest absolute Gasteiger partial charge is 0.415 e. The van der Waals surface area contributed by atoms with E-state index in [2.05, 4.69) is 14.9 Å². The van der Waals surface area contributed by atoms with Gasteiger partial charge in [0.1, 0.15) is 35.1 Å². The summed E-state index contributed by atoms with van der Waals surface area (Å²) in [6.45, 7) is 2.92. The number of rotatable bonds is 7. The summed E-state index contributed by atoms with van der Waals surface area (Å²) in [5, 5.41) is 16.7. The first-order chi connectivity index (χ1) is 22.9. The number of amides is 1. The highest BCUT2D eigenvalue weighted by molar-refractivity contribution is 5.98. The average molecular weight is 635 g/mol. The summed E-state index contributed by atoms with van der Waals surface area (Å²) in [6.07, 6.45) is 4.65. The van der Waals surface area contributed by atoms with Crippen molar-refractivity contribution in [1.29, 1.82) is 0 Å². The van der Waals surface area contributed by atoms with Crippen molar-refractivity contribution in [1.82, 2.24) is 29.5 Å². The number of fused-ring (bicyclic) bond motifs is 1. The van der Waals surface area contributed by atoms with E-state index in [0.29, 0.717) is 30.6 Å². The van der Waals surface area contributed by atoms with Gasteiger partial charge in [-0.2, -0.15) is 5.10 Å². The number of nitro benzene ring substituents is 1. The fourth-order valence-electron chi connectivity index (χ4n) is 6.49. The van der Waals surface area contributed by atoms with Crippen molar-refractivity contribution in [3.63, 3.8) is 0 Å². The molecule has 13 nitrogen and oxygen atoms in total. The molecule has 13 heteroatoms. The van der Waals surface area contributed by atoms with E-state index in [-0.39, 0.29) is 17.5 Å². The van der Waals surface area contributed by atoms with Crippen LogP contribution in [-0.4, -0.2) is 72.8 Å². The Hall–Kier alpha value is -5.56. The number of ether oxygens (including phenoxy) is 2. The Balaban J connectivity index is 1.03. The van der Waals surface area contributed by atoms with Crippen molar-refractivity contribution in [3.05, 3.63) is 95.3 Å². The van der Waals surface area contributed by atoms with Crippen molar-refractivity contribution < 1.29 is 19.2 Å². The van der Waals surface area contributed by atoms with Gasteiger partial charge in [0.25, 0.3) is 5.69 Å². The van der Waals surface area contributed by atoms with Crippen LogP contribution in [0.1, 0.15) is 31.7 Å². The molecule has 0 spiro atoms. The number of aromatic nitrogens is 4. The Labute approximate surface area is 270 Å². The average Bonchev–Trinajstić information content (AvgIpc) is 3.50. The summed E-state index contributed by atoms with van der Waals surface area (Å²) >= 11 is 0. The van der Waals surface area contributed by atoms with Crippen LogP contribution in [0.3, 0.4) is 0 Å². The second kappa shape index (κ2) is 13.0. The summed E-state index contributed by atoms with van der Waals surface area (Å²) in [7, 11) is 0. The van der Waals surface area contributed by atoms with Gasteiger partial charge in [0.15, 0.2) is 5.65 Å². The van der Waals surface area contributed by atoms with Gasteiger partial charge in [0.2, 0.25) is 0 Å². The van der Waals surface area contributed by atoms with Crippen LogP contribution in [0.5, 0.6) is 17.2 Å². The SMILES string of the molecule is Nc1ncnc2c1c(-c1ccc(Oc3ccccc3)cc1)nn2C1CCCN(C2CCN(C(=O)Oc3ccc([N+](=O)[O-])cc3)CC2)C1. The Bertz CT molecular complexity index is 1870. The summed E-state index contributed by atoms with van der Waals surface area (Å²) in [4.78, 5) is 36.3. The number of anilines is 1. The van der Waals surface area contributed by atoms with Crippen LogP contribution >= 0.6 is 0 Å². The number of carbonyl (C=O) groups excluding carboxylic acids is 1. The van der Waals surface area contributed by atoms with E-state index in [1.807, 2.05) is 59.3 Å². The van der Waals surface area contributed by atoms with Crippen LogP contribution in [0.15, 0.2) is 85.2 Å². The molecule has 2 aromatic heterocycles. The number of nitrogens with zero attached hydrogens (tertiary/aromatic N) is 7. The quantitative estimate of drug-likeness (QED) is 0.165. The number of nitrogens with two attached hydrogens (primary N) is 1.